The van der Waals surface area contributed by atoms with Crippen LogP contribution in [-0.2, 0) is 16.1 Å². The Balaban J connectivity index is 1.15. The van der Waals surface area contributed by atoms with Crippen molar-refractivity contribution in [3.8, 4) is 6.07 Å². The zero-order valence-corrected chi connectivity index (χ0v) is 19.6. The summed E-state index contributed by atoms with van der Waals surface area (Å²) in [4.78, 5) is 53.8. The molecule has 2 aliphatic carbocycles. The van der Waals surface area contributed by atoms with Crippen molar-refractivity contribution in [2.45, 2.75) is 50.7 Å². The van der Waals surface area contributed by atoms with Crippen LogP contribution in [0.1, 0.15) is 69.5 Å². The maximum atomic E-state index is 13.5. The molecule has 4 aliphatic rings. The van der Waals surface area contributed by atoms with E-state index in [0.717, 1.165) is 24.8 Å². The zero-order valence-electron chi connectivity index (χ0n) is 19.6. The van der Waals surface area contributed by atoms with Crippen LogP contribution in [0.4, 0.5) is 0 Å². The summed E-state index contributed by atoms with van der Waals surface area (Å²) in [6.45, 7) is 0.221. The molecule has 8 nitrogen and oxygen atoms in total. The van der Waals surface area contributed by atoms with Crippen LogP contribution in [0.2, 0.25) is 0 Å². The summed E-state index contributed by atoms with van der Waals surface area (Å²) in [6, 6.07) is 13.5. The number of piperidine rings is 1. The molecule has 0 aromatic heterocycles. The third-order valence-corrected chi connectivity index (χ3v) is 8.08. The van der Waals surface area contributed by atoms with Crippen LogP contribution in [0.3, 0.4) is 0 Å². The molecule has 0 radical (unpaired) electrons. The van der Waals surface area contributed by atoms with Gasteiger partial charge in [0.2, 0.25) is 11.8 Å². The summed E-state index contributed by atoms with van der Waals surface area (Å²) >= 11 is 0. The summed E-state index contributed by atoms with van der Waals surface area (Å²) in [5.41, 5.74) is 9.79. The Labute approximate surface area is 208 Å². The lowest BCUT2D eigenvalue weighted by atomic mass is 9.54. The molecule has 2 aromatic carbocycles. The second kappa shape index (κ2) is 7.89. The number of nitrogens with two attached hydrogens (primary N) is 1. The number of fused-ring (bicyclic) bond motifs is 1. The van der Waals surface area contributed by atoms with Crippen molar-refractivity contribution in [3.63, 3.8) is 0 Å². The summed E-state index contributed by atoms with van der Waals surface area (Å²) in [6.07, 6.45) is 5.10. The van der Waals surface area contributed by atoms with E-state index in [4.69, 9.17) is 11.0 Å². The lowest BCUT2D eigenvalue weighted by molar-refractivity contribution is -0.160. The number of likely N-dealkylation sites (tertiary alicyclic amines) is 1. The standard InChI is InChI=1S/C28H24N4O4/c29-14-16-1-3-17(4-2-16)20-10-28(11-20)12-21(13-28)32-24(33)8-7-23(27(32)36)31-15-19-9-18(25(30)34)5-6-22(19)26(31)35/h1-6,9-10,21,23H,7-8,11-13,15H2,(H2,30,34). The van der Waals surface area contributed by atoms with Gasteiger partial charge >= 0.3 is 0 Å². The first kappa shape index (κ1) is 22.2. The summed E-state index contributed by atoms with van der Waals surface area (Å²) in [7, 11) is 0. The first-order chi connectivity index (χ1) is 17.3. The fourth-order valence-electron chi connectivity index (χ4n) is 6.20. The second-order valence-corrected chi connectivity index (χ2v) is 10.3. The largest absolute Gasteiger partial charge is 0.366 e. The maximum Gasteiger partial charge on any atom is 0.255 e. The Morgan fingerprint density at radius 1 is 1.08 bits per heavy atom. The SMILES string of the molecule is N#Cc1ccc(C2=CC3(C2)CC(N2C(=O)CCC(N4Cc5cc(C(N)=O)ccc5C4=O)C2=O)C3)cc1. The highest BCUT2D eigenvalue weighted by molar-refractivity contribution is 6.06. The molecule has 1 saturated heterocycles. The fraction of sp³-hybridized carbons (Fsp3) is 0.321. The molecule has 1 unspecified atom stereocenters. The number of allylic oxidation sites excluding steroid dienone is 2. The average Bonchev–Trinajstić information content (AvgIpc) is 3.14. The third kappa shape index (κ3) is 3.34. The Hall–Kier alpha value is -4.25. The van der Waals surface area contributed by atoms with Crippen LogP contribution >= 0.6 is 0 Å². The van der Waals surface area contributed by atoms with Gasteiger partial charge in [0.1, 0.15) is 6.04 Å². The number of benzene rings is 2. The monoisotopic (exact) mass is 480 g/mol. The van der Waals surface area contributed by atoms with E-state index in [0.29, 0.717) is 28.7 Å². The van der Waals surface area contributed by atoms with Crippen LogP contribution in [0.15, 0.2) is 48.5 Å². The van der Waals surface area contributed by atoms with Gasteiger partial charge in [-0.15, -0.1) is 0 Å². The van der Waals surface area contributed by atoms with Gasteiger partial charge in [-0.3, -0.25) is 24.1 Å². The van der Waals surface area contributed by atoms with Gasteiger partial charge in [-0.05, 0) is 78.1 Å². The first-order valence-electron chi connectivity index (χ1n) is 12.1. The Morgan fingerprint density at radius 2 is 1.81 bits per heavy atom. The van der Waals surface area contributed by atoms with Crippen LogP contribution in [-0.4, -0.2) is 45.5 Å². The molecule has 1 atom stereocenters. The van der Waals surface area contributed by atoms with E-state index in [1.807, 2.05) is 24.3 Å². The summed E-state index contributed by atoms with van der Waals surface area (Å²) < 4.78 is 0. The highest BCUT2D eigenvalue weighted by Gasteiger charge is 2.54. The number of hydrogen-bond donors (Lipinski definition) is 1. The fourth-order valence-corrected chi connectivity index (χ4v) is 6.20. The van der Waals surface area contributed by atoms with Crippen molar-refractivity contribution >= 4 is 29.2 Å². The number of rotatable bonds is 4. The molecule has 2 aliphatic heterocycles. The number of nitriles is 1. The Kier molecular flexibility index (Phi) is 4.87. The summed E-state index contributed by atoms with van der Waals surface area (Å²) in [5, 5.41) is 8.98. The number of carbonyl (C=O) groups excluding carboxylic acids is 4. The maximum absolute atomic E-state index is 13.5. The topological polar surface area (TPSA) is 125 Å². The third-order valence-electron chi connectivity index (χ3n) is 8.08. The molecule has 6 rings (SSSR count). The average molecular weight is 481 g/mol. The molecule has 1 saturated carbocycles. The number of imide groups is 1. The van der Waals surface area contributed by atoms with Gasteiger partial charge in [0.25, 0.3) is 11.8 Å². The first-order valence-corrected chi connectivity index (χ1v) is 12.1. The van der Waals surface area contributed by atoms with Gasteiger partial charge < -0.3 is 10.6 Å². The number of hydrogen-bond acceptors (Lipinski definition) is 5. The van der Waals surface area contributed by atoms with Gasteiger partial charge in [-0.1, -0.05) is 18.2 Å². The number of nitrogens with zero attached hydrogens (tertiary/aromatic N) is 3. The van der Waals surface area contributed by atoms with Gasteiger partial charge in [-0.2, -0.15) is 5.26 Å². The second-order valence-electron chi connectivity index (χ2n) is 10.3. The molecular formula is C28H24N4O4. The van der Waals surface area contributed by atoms with Crippen LogP contribution in [0.5, 0.6) is 0 Å². The Morgan fingerprint density at radius 3 is 2.47 bits per heavy atom. The number of carbonyl (C=O) groups is 4. The van der Waals surface area contributed by atoms with E-state index in [1.165, 1.54) is 21.4 Å². The molecule has 4 amide bonds. The van der Waals surface area contributed by atoms with Gasteiger partial charge in [0, 0.05) is 30.1 Å². The van der Waals surface area contributed by atoms with Crippen molar-refractivity contribution in [2.75, 3.05) is 0 Å². The molecule has 2 aromatic rings. The molecule has 8 heteroatoms. The minimum atomic E-state index is -0.692. The number of primary amides is 1. The number of amides is 4. The van der Waals surface area contributed by atoms with Crippen molar-refractivity contribution in [1.29, 1.82) is 5.26 Å². The highest BCUT2D eigenvalue weighted by atomic mass is 16.2. The van der Waals surface area contributed by atoms with Crippen molar-refractivity contribution in [1.82, 2.24) is 9.80 Å². The van der Waals surface area contributed by atoms with Crippen LogP contribution in [0.25, 0.3) is 5.57 Å². The van der Waals surface area contributed by atoms with Crippen LogP contribution < -0.4 is 5.73 Å². The van der Waals surface area contributed by atoms with Crippen LogP contribution in [0, 0.1) is 16.7 Å². The molecule has 0 bridgehead atoms. The van der Waals surface area contributed by atoms with E-state index in [1.54, 1.807) is 12.1 Å². The highest BCUT2D eigenvalue weighted by Crippen LogP contribution is 2.58. The predicted octanol–water partition coefficient (Wildman–Crippen LogP) is 2.77. The Bertz CT molecular complexity index is 1410. The molecule has 36 heavy (non-hydrogen) atoms. The molecule has 2 N–H and O–H groups in total. The van der Waals surface area contributed by atoms with E-state index in [2.05, 4.69) is 12.1 Å². The molecule has 1 spiro atoms. The normalized spacial score (nSPS) is 26.8. The minimum Gasteiger partial charge on any atom is -0.366 e. The predicted molar refractivity (Wildman–Crippen MR) is 129 cm³/mol. The quantitative estimate of drug-likeness (QED) is 0.674. The smallest absolute Gasteiger partial charge is 0.255 e. The van der Waals surface area contributed by atoms with Crippen molar-refractivity contribution in [3.05, 3.63) is 76.4 Å². The molecular weight excluding hydrogens is 456 g/mol. The minimum absolute atomic E-state index is 0.00622. The van der Waals surface area contributed by atoms with Crippen molar-refractivity contribution in [2.24, 2.45) is 11.1 Å². The van der Waals surface area contributed by atoms with Gasteiger partial charge in [0.15, 0.2) is 0 Å². The van der Waals surface area contributed by atoms with E-state index >= 15 is 0 Å². The molecule has 180 valence electrons. The van der Waals surface area contributed by atoms with Gasteiger partial charge in [-0.25, -0.2) is 0 Å². The molecule has 2 fully saturated rings. The van der Waals surface area contributed by atoms with Gasteiger partial charge in [0.05, 0.1) is 11.6 Å². The summed E-state index contributed by atoms with van der Waals surface area (Å²) in [5.74, 6) is -1.31. The lowest BCUT2D eigenvalue weighted by Gasteiger charge is -2.55. The molecule has 2 heterocycles. The van der Waals surface area contributed by atoms with E-state index < -0.39 is 11.9 Å². The zero-order chi connectivity index (χ0) is 25.2. The van der Waals surface area contributed by atoms with Crippen molar-refractivity contribution < 1.29 is 19.2 Å². The lowest BCUT2D eigenvalue weighted by Crippen LogP contribution is -2.62. The van der Waals surface area contributed by atoms with E-state index in [9.17, 15) is 19.2 Å². The van der Waals surface area contributed by atoms with E-state index in [-0.39, 0.29) is 42.1 Å².